The summed E-state index contributed by atoms with van der Waals surface area (Å²) in [5.41, 5.74) is 2.97. The van der Waals surface area contributed by atoms with Crippen molar-refractivity contribution in [3.8, 4) is 31.2 Å². The molecule has 4 aromatic heterocycles. The molecule has 0 radical (unpaired) electrons. The van der Waals surface area contributed by atoms with Gasteiger partial charge in [-0.15, -0.1) is 22.7 Å². The second-order valence-corrected chi connectivity index (χ2v) is 16.1. The summed E-state index contributed by atoms with van der Waals surface area (Å²) in [4.78, 5) is 83.2. The highest BCUT2D eigenvalue weighted by Crippen LogP contribution is 2.39. The molecule has 4 unspecified atom stereocenters. The fourth-order valence-electron chi connectivity index (χ4n) is 7.64. The van der Waals surface area contributed by atoms with Crippen molar-refractivity contribution in [1.82, 2.24) is 50.3 Å². The first-order valence-corrected chi connectivity index (χ1v) is 20.7. The third-order valence-electron chi connectivity index (χ3n) is 10.5. The molecule has 6 heterocycles. The molecule has 1 aliphatic carbocycles. The van der Waals surface area contributed by atoms with E-state index in [2.05, 4.69) is 35.6 Å². The Balaban J connectivity index is 0.949. The van der Waals surface area contributed by atoms with Crippen LogP contribution in [0.15, 0.2) is 78.9 Å². The molecule has 58 heavy (non-hydrogen) atoms. The number of amides is 4. The summed E-state index contributed by atoms with van der Waals surface area (Å²) in [5.74, 6) is 0.895. The molecule has 4 amide bonds. The molecule has 0 saturated carbocycles. The molecular formula is C40H42N10O6S2. The molecule has 0 bridgehead atoms. The molecule has 16 nitrogen and oxygen atoms in total. The minimum atomic E-state index is -0.901. The van der Waals surface area contributed by atoms with Gasteiger partial charge < -0.3 is 39.9 Å². The van der Waals surface area contributed by atoms with Gasteiger partial charge in [-0.2, -0.15) is 0 Å². The Hall–Kier alpha value is -6.14. The maximum atomic E-state index is 13.9. The molecule has 2 aliphatic heterocycles. The average molecular weight is 823 g/mol. The Morgan fingerprint density at radius 1 is 0.724 bits per heavy atom. The monoisotopic (exact) mass is 822 g/mol. The van der Waals surface area contributed by atoms with E-state index in [1.54, 1.807) is 46.7 Å². The summed E-state index contributed by atoms with van der Waals surface area (Å²) >= 11 is 2.96. The first-order chi connectivity index (χ1) is 28.3. The zero-order valence-electron chi connectivity index (χ0n) is 31.8. The van der Waals surface area contributed by atoms with Crippen molar-refractivity contribution in [3.63, 3.8) is 0 Å². The van der Waals surface area contributed by atoms with Crippen molar-refractivity contribution in [2.75, 3.05) is 27.3 Å². The summed E-state index contributed by atoms with van der Waals surface area (Å²) in [6.07, 6.45) is 16.4. The van der Waals surface area contributed by atoms with Crippen LogP contribution < -0.4 is 10.6 Å². The molecule has 1 aromatic carbocycles. The molecule has 300 valence electrons. The van der Waals surface area contributed by atoms with Crippen molar-refractivity contribution in [2.45, 2.75) is 62.7 Å². The third kappa shape index (κ3) is 8.02. The van der Waals surface area contributed by atoms with Gasteiger partial charge in [0.1, 0.15) is 23.7 Å². The molecule has 4 atom stereocenters. The Morgan fingerprint density at radius 3 is 1.78 bits per heavy atom. The molecule has 0 spiro atoms. The number of rotatable bonds is 11. The molecule has 8 rings (SSSR count). The van der Waals surface area contributed by atoms with Gasteiger partial charge >= 0.3 is 12.2 Å². The van der Waals surface area contributed by atoms with Crippen molar-refractivity contribution in [3.05, 3.63) is 96.1 Å². The van der Waals surface area contributed by atoms with Gasteiger partial charge in [-0.1, -0.05) is 48.6 Å². The zero-order chi connectivity index (χ0) is 40.2. The second-order valence-electron chi connectivity index (χ2n) is 14.0. The van der Waals surface area contributed by atoms with E-state index in [0.29, 0.717) is 30.3 Å². The van der Waals surface area contributed by atoms with Gasteiger partial charge in [0.25, 0.3) is 11.8 Å². The van der Waals surface area contributed by atoms with Gasteiger partial charge in [-0.05, 0) is 49.7 Å². The molecule has 5 aromatic rings. The van der Waals surface area contributed by atoms with E-state index >= 15 is 0 Å². The van der Waals surface area contributed by atoms with E-state index in [9.17, 15) is 19.2 Å². The smallest absolute Gasteiger partial charge is 0.407 e. The number of hydrogen-bond acceptors (Lipinski definition) is 12. The predicted octanol–water partition coefficient (Wildman–Crippen LogP) is 6.47. The minimum absolute atomic E-state index is 0.202. The summed E-state index contributed by atoms with van der Waals surface area (Å²) in [6.45, 7) is 1.08. The van der Waals surface area contributed by atoms with Gasteiger partial charge in [0.15, 0.2) is 10.0 Å². The number of alkyl carbamates (subject to hydrolysis) is 2. The number of ether oxygens (including phenoxy) is 2. The number of imidazole rings is 2. The summed E-state index contributed by atoms with van der Waals surface area (Å²) in [5, 5.41) is 6.91. The highest BCUT2D eigenvalue weighted by Gasteiger charge is 2.39. The van der Waals surface area contributed by atoms with E-state index in [1.807, 2.05) is 36.4 Å². The Morgan fingerprint density at radius 2 is 1.26 bits per heavy atom. The second kappa shape index (κ2) is 17.2. The topological polar surface area (TPSA) is 200 Å². The van der Waals surface area contributed by atoms with Gasteiger partial charge in [-0.3, -0.25) is 9.59 Å². The first-order valence-electron chi connectivity index (χ1n) is 19.0. The van der Waals surface area contributed by atoms with E-state index in [1.165, 1.54) is 36.9 Å². The van der Waals surface area contributed by atoms with Crippen molar-refractivity contribution >= 4 is 46.7 Å². The fourth-order valence-corrected chi connectivity index (χ4v) is 9.44. The number of nitrogens with zero attached hydrogens (tertiary/aromatic N) is 6. The van der Waals surface area contributed by atoms with Crippen molar-refractivity contribution < 1.29 is 28.7 Å². The maximum absolute atomic E-state index is 13.9. The van der Waals surface area contributed by atoms with Crippen LogP contribution in [0.3, 0.4) is 0 Å². The molecule has 18 heteroatoms. The standard InChI is InChI=1S/C40H42N10O6S2/c1-55-39(53)47-31(23-11-5-3-6-12-23)37(51)49-17-9-15-27(49)33-41-19-25(45-33)29-21-43-35(57-29)36-44-22-30(58-36)26-20-42-34(46-26)28-16-10-18-50(28)38(52)32(48-40(54)56-2)24-13-7-4-8-14-24/h3,5-7,11-14,19-22,27-28,31-32H,4,8-10,15-18H2,1-2H3,(H,41,45)(H,42,46)(H,47,53)(H,48,54). The number of carbonyl (C=O) groups excluding carboxylic acids is 4. The van der Waals surface area contributed by atoms with Crippen LogP contribution in [-0.2, 0) is 19.1 Å². The van der Waals surface area contributed by atoms with Crippen LogP contribution in [0.25, 0.3) is 31.2 Å². The van der Waals surface area contributed by atoms with Gasteiger partial charge in [0.2, 0.25) is 0 Å². The van der Waals surface area contributed by atoms with E-state index in [0.717, 1.165) is 75.3 Å². The number of likely N-dealkylation sites (tertiary alicyclic amines) is 2. The number of hydrogen-bond donors (Lipinski definition) is 4. The largest absolute Gasteiger partial charge is 0.453 e. The highest BCUT2D eigenvalue weighted by molar-refractivity contribution is 7.24. The number of thiazole rings is 2. The van der Waals surface area contributed by atoms with Crippen LogP contribution >= 0.6 is 22.7 Å². The third-order valence-corrected chi connectivity index (χ3v) is 12.7. The van der Waals surface area contributed by atoms with Gasteiger partial charge in [0.05, 0.1) is 59.8 Å². The number of benzene rings is 1. The molecule has 2 saturated heterocycles. The van der Waals surface area contributed by atoms with Crippen LogP contribution in [0, 0.1) is 0 Å². The SMILES string of the molecule is COC(=O)NC(C(=O)N1CCCC1c1ncc(-c2cnc(-c3ncc(-c4cnc(C5CCCN5C(=O)C(NC(=O)OC)c5ccccc5)[nH]4)s3)s2)[nH]1)C1=CCCC=C1. The van der Waals surface area contributed by atoms with Crippen molar-refractivity contribution in [1.29, 1.82) is 0 Å². The summed E-state index contributed by atoms with van der Waals surface area (Å²) in [7, 11) is 2.56. The van der Waals surface area contributed by atoms with Crippen LogP contribution in [0.5, 0.6) is 0 Å². The quantitative estimate of drug-likeness (QED) is 0.114. The summed E-state index contributed by atoms with van der Waals surface area (Å²) < 4.78 is 9.66. The lowest BCUT2D eigenvalue weighted by Gasteiger charge is -2.29. The van der Waals surface area contributed by atoms with E-state index in [-0.39, 0.29) is 23.9 Å². The normalized spacial score (nSPS) is 18.8. The number of nitrogens with one attached hydrogen (secondary N) is 4. The maximum Gasteiger partial charge on any atom is 0.407 e. The zero-order valence-corrected chi connectivity index (χ0v) is 33.5. The van der Waals surface area contributed by atoms with Crippen LogP contribution in [-0.4, -0.2) is 97.1 Å². The Labute approximate surface area is 341 Å². The average Bonchev–Trinajstić information content (AvgIpc) is 4.11. The first kappa shape index (κ1) is 38.7. The number of allylic oxidation sites excluding steroid dienone is 2. The number of aromatic nitrogens is 6. The number of methoxy groups -OCH3 is 2. The molecule has 2 fully saturated rings. The van der Waals surface area contributed by atoms with Gasteiger partial charge in [-0.25, -0.2) is 29.5 Å². The van der Waals surface area contributed by atoms with E-state index < -0.39 is 24.3 Å². The van der Waals surface area contributed by atoms with Crippen molar-refractivity contribution in [2.24, 2.45) is 0 Å². The lowest BCUT2D eigenvalue weighted by Crippen LogP contribution is -2.49. The van der Waals surface area contributed by atoms with E-state index in [4.69, 9.17) is 14.5 Å². The number of carbonyl (C=O) groups is 4. The lowest BCUT2D eigenvalue weighted by molar-refractivity contribution is -0.135. The number of H-pyrrole nitrogens is 2. The fraction of sp³-hybridized carbons (Fsp3) is 0.350. The molecule has 4 N–H and O–H groups in total. The lowest BCUT2D eigenvalue weighted by atomic mass is 9.98. The Kier molecular flexibility index (Phi) is 11.5. The van der Waals surface area contributed by atoms with Crippen LogP contribution in [0.2, 0.25) is 0 Å². The molecule has 3 aliphatic rings. The van der Waals surface area contributed by atoms with Crippen LogP contribution in [0.4, 0.5) is 9.59 Å². The molecular weight excluding hydrogens is 781 g/mol. The minimum Gasteiger partial charge on any atom is -0.453 e. The predicted molar refractivity (Wildman–Crippen MR) is 216 cm³/mol. The number of aromatic amines is 2. The Bertz CT molecular complexity index is 2350. The van der Waals surface area contributed by atoms with Crippen LogP contribution in [0.1, 0.15) is 73.9 Å². The summed E-state index contributed by atoms with van der Waals surface area (Å²) in [6, 6.07) is 6.80. The van der Waals surface area contributed by atoms with Gasteiger partial charge in [0, 0.05) is 25.5 Å². The highest BCUT2D eigenvalue weighted by atomic mass is 32.1.